The maximum absolute atomic E-state index is 13.8. The molecule has 0 aliphatic carbocycles. The fraction of sp³-hybridized carbons (Fsp3) is 0.312. The van der Waals surface area contributed by atoms with Crippen LogP contribution in [-0.2, 0) is 0 Å². The van der Waals surface area contributed by atoms with Crippen molar-refractivity contribution in [3.8, 4) is 0 Å². The molecule has 1 aliphatic rings. The summed E-state index contributed by atoms with van der Waals surface area (Å²) < 4.78 is 0. The highest BCUT2D eigenvalue weighted by Gasteiger charge is 2.34. The number of benzene rings is 5. The van der Waals surface area contributed by atoms with Crippen LogP contribution in [0.25, 0.3) is 43.1 Å². The van der Waals surface area contributed by atoms with Crippen molar-refractivity contribution in [1.82, 2.24) is 19.6 Å². The Bertz CT molecular complexity index is 1580. The van der Waals surface area contributed by atoms with Crippen LogP contribution in [0.3, 0.4) is 0 Å². The number of amides is 2. The smallest absolute Gasteiger partial charge is 0.261 e. The predicted molar refractivity (Wildman–Crippen MR) is 157 cm³/mol. The van der Waals surface area contributed by atoms with Gasteiger partial charge in [-0.1, -0.05) is 48.5 Å². The van der Waals surface area contributed by atoms with Gasteiger partial charge in [-0.25, -0.2) is 0 Å². The van der Waals surface area contributed by atoms with E-state index in [4.69, 9.17) is 0 Å². The molecule has 1 aliphatic heterocycles. The minimum Gasteiger partial charge on any atom is -0.308 e. The van der Waals surface area contributed by atoms with Gasteiger partial charge >= 0.3 is 0 Å². The first-order valence-electron chi connectivity index (χ1n) is 13.4. The maximum Gasteiger partial charge on any atom is 0.261 e. The summed E-state index contributed by atoms with van der Waals surface area (Å²) in [6.45, 7) is 4.67. The summed E-state index contributed by atoms with van der Waals surface area (Å²) in [5.74, 6) is -0.383. The highest BCUT2D eigenvalue weighted by atomic mass is 16.2. The average Bonchev–Trinajstić information content (AvgIpc) is 2.91. The van der Waals surface area contributed by atoms with Crippen molar-refractivity contribution in [2.45, 2.75) is 0 Å². The highest BCUT2D eigenvalue weighted by molar-refractivity contribution is 6.38. The van der Waals surface area contributed by atoms with E-state index in [2.05, 4.69) is 91.4 Å². The Labute approximate surface area is 223 Å². The second-order valence-corrected chi connectivity index (χ2v) is 11.0. The predicted octanol–water partition coefficient (Wildman–Crippen LogP) is 4.76. The number of hydrogen-bond acceptors (Lipinski definition) is 5. The molecule has 0 fully saturated rings. The van der Waals surface area contributed by atoms with E-state index in [9.17, 15) is 9.59 Å². The van der Waals surface area contributed by atoms with Gasteiger partial charge in [-0.05, 0) is 78.0 Å². The van der Waals surface area contributed by atoms with Gasteiger partial charge in [0.05, 0.1) is 0 Å². The first kappa shape index (κ1) is 24.7. The molecule has 0 aromatic heterocycles. The number of carbonyl (C=O) groups is 2. The summed E-state index contributed by atoms with van der Waals surface area (Å²) in [6.07, 6.45) is 0. The van der Waals surface area contributed by atoms with Crippen molar-refractivity contribution in [2.24, 2.45) is 0 Å². The molecule has 0 unspecified atom stereocenters. The van der Waals surface area contributed by atoms with Crippen molar-refractivity contribution in [3.63, 3.8) is 0 Å². The molecular weight excluding hydrogens is 472 g/mol. The SMILES string of the molecule is CN(C)CCN(CCN(C)C)CCN1C(=O)c2ccc3c4cccc5cccc(c6ccc(c2c36)C1=O)c54. The lowest BCUT2D eigenvalue weighted by Crippen LogP contribution is -2.46. The lowest BCUT2D eigenvalue weighted by molar-refractivity contribution is 0.0589. The monoisotopic (exact) mass is 506 g/mol. The zero-order chi connectivity index (χ0) is 26.6. The van der Waals surface area contributed by atoms with Gasteiger partial charge in [0.15, 0.2) is 0 Å². The Morgan fingerprint density at radius 1 is 0.553 bits per heavy atom. The summed E-state index contributed by atoms with van der Waals surface area (Å²) >= 11 is 0. The van der Waals surface area contributed by atoms with Gasteiger partial charge in [0, 0.05) is 55.8 Å². The largest absolute Gasteiger partial charge is 0.308 e. The highest BCUT2D eigenvalue weighted by Crippen LogP contribution is 2.43. The topological polar surface area (TPSA) is 47.1 Å². The Hall–Kier alpha value is -3.58. The van der Waals surface area contributed by atoms with Crippen molar-refractivity contribution in [3.05, 3.63) is 71.8 Å². The molecule has 0 saturated carbocycles. The van der Waals surface area contributed by atoms with Crippen LogP contribution >= 0.6 is 0 Å². The van der Waals surface area contributed by atoms with Crippen LogP contribution < -0.4 is 0 Å². The number of imide groups is 1. The fourth-order valence-corrected chi connectivity index (χ4v) is 5.94. The van der Waals surface area contributed by atoms with E-state index >= 15 is 0 Å². The van der Waals surface area contributed by atoms with Gasteiger partial charge in [-0.2, -0.15) is 0 Å². The second-order valence-electron chi connectivity index (χ2n) is 11.0. The van der Waals surface area contributed by atoms with Gasteiger partial charge in [0.25, 0.3) is 11.8 Å². The number of rotatable bonds is 9. The Kier molecular flexibility index (Phi) is 6.26. The molecule has 6 rings (SSSR count). The van der Waals surface area contributed by atoms with Crippen LogP contribution in [0.5, 0.6) is 0 Å². The average molecular weight is 507 g/mol. The van der Waals surface area contributed by atoms with Gasteiger partial charge < -0.3 is 9.80 Å². The molecule has 5 aromatic carbocycles. The molecule has 6 heteroatoms. The van der Waals surface area contributed by atoms with Gasteiger partial charge in [-0.15, -0.1) is 0 Å². The quantitative estimate of drug-likeness (QED) is 0.164. The summed E-state index contributed by atoms with van der Waals surface area (Å²) in [7, 11) is 8.26. The lowest BCUT2D eigenvalue weighted by Gasteiger charge is -2.31. The van der Waals surface area contributed by atoms with E-state index < -0.39 is 0 Å². The van der Waals surface area contributed by atoms with Gasteiger partial charge in [0.2, 0.25) is 0 Å². The van der Waals surface area contributed by atoms with E-state index in [0.717, 1.165) is 58.5 Å². The van der Waals surface area contributed by atoms with Crippen molar-refractivity contribution < 1.29 is 9.59 Å². The molecule has 194 valence electrons. The minimum absolute atomic E-state index is 0.191. The van der Waals surface area contributed by atoms with Crippen molar-refractivity contribution in [1.29, 1.82) is 0 Å². The van der Waals surface area contributed by atoms with Crippen LogP contribution in [0.15, 0.2) is 60.7 Å². The molecule has 1 heterocycles. The van der Waals surface area contributed by atoms with Gasteiger partial charge in [-0.3, -0.25) is 19.4 Å². The molecule has 0 atom stereocenters. The molecule has 38 heavy (non-hydrogen) atoms. The summed E-state index contributed by atoms with van der Waals surface area (Å²) in [4.78, 5) is 35.7. The van der Waals surface area contributed by atoms with Crippen LogP contribution in [-0.4, -0.2) is 98.9 Å². The zero-order valence-corrected chi connectivity index (χ0v) is 22.6. The van der Waals surface area contributed by atoms with Crippen LogP contribution in [0.1, 0.15) is 20.7 Å². The van der Waals surface area contributed by atoms with E-state index in [0.29, 0.717) is 24.2 Å². The molecule has 2 amide bonds. The lowest BCUT2D eigenvalue weighted by atomic mass is 9.85. The number of carbonyl (C=O) groups excluding carboxylic acids is 2. The maximum atomic E-state index is 13.8. The molecule has 0 N–H and O–H groups in total. The Morgan fingerprint density at radius 2 is 1.05 bits per heavy atom. The van der Waals surface area contributed by atoms with E-state index in [1.807, 2.05) is 12.1 Å². The van der Waals surface area contributed by atoms with Crippen LogP contribution in [0, 0.1) is 0 Å². The van der Waals surface area contributed by atoms with E-state index in [1.54, 1.807) is 0 Å². The molecule has 0 bridgehead atoms. The molecule has 5 aromatic rings. The zero-order valence-electron chi connectivity index (χ0n) is 22.6. The van der Waals surface area contributed by atoms with Crippen molar-refractivity contribution >= 4 is 54.9 Å². The third-order valence-electron chi connectivity index (χ3n) is 7.96. The molecule has 0 radical (unpaired) electrons. The number of fused-ring (bicyclic) bond motifs is 2. The van der Waals surface area contributed by atoms with Gasteiger partial charge in [0.1, 0.15) is 0 Å². The molecule has 0 spiro atoms. The number of nitrogens with zero attached hydrogens (tertiary/aromatic N) is 4. The van der Waals surface area contributed by atoms with Crippen LogP contribution in [0.2, 0.25) is 0 Å². The Balaban J connectivity index is 1.40. The summed E-state index contributed by atoms with van der Waals surface area (Å²) in [6, 6.07) is 20.7. The minimum atomic E-state index is -0.191. The summed E-state index contributed by atoms with van der Waals surface area (Å²) in [5, 5.41) is 8.76. The standard InChI is InChI=1S/C32H34N4O2/c1-33(2)15-17-35(18-16-34(3)4)19-20-36-31(37)26-13-11-24-22-9-5-7-21-8-6-10-23(28(21)22)25-12-14-27(32(36)38)30(26)29(24)25/h5-14H,15-20H2,1-4H3. The third kappa shape index (κ3) is 4.00. The molecule has 0 saturated heterocycles. The first-order chi connectivity index (χ1) is 18.3. The summed E-state index contributed by atoms with van der Waals surface area (Å²) in [5.41, 5.74) is 1.25. The fourth-order valence-electron chi connectivity index (χ4n) is 5.94. The first-order valence-corrected chi connectivity index (χ1v) is 13.4. The Morgan fingerprint density at radius 3 is 1.55 bits per heavy atom. The third-order valence-corrected chi connectivity index (χ3v) is 7.96. The molecule has 6 nitrogen and oxygen atoms in total. The second kappa shape index (κ2) is 9.62. The van der Waals surface area contributed by atoms with Crippen LogP contribution in [0.4, 0.5) is 0 Å². The normalized spacial score (nSPS) is 14.1. The number of hydrogen-bond donors (Lipinski definition) is 0. The molecular formula is C32H34N4O2. The van der Waals surface area contributed by atoms with E-state index in [-0.39, 0.29) is 11.8 Å². The number of likely N-dealkylation sites (N-methyl/N-ethyl adjacent to an activating group) is 2. The van der Waals surface area contributed by atoms with E-state index in [1.165, 1.54) is 15.7 Å². The van der Waals surface area contributed by atoms with Crippen molar-refractivity contribution in [2.75, 3.05) is 67.5 Å².